The molecular weight excluding hydrogens is 516 g/mol. The summed E-state index contributed by atoms with van der Waals surface area (Å²) in [5, 5.41) is 18.9. The summed E-state index contributed by atoms with van der Waals surface area (Å²) < 4.78 is 1.84. The van der Waals surface area contributed by atoms with Crippen molar-refractivity contribution in [2.75, 3.05) is 0 Å². The minimum absolute atomic E-state index is 0. The van der Waals surface area contributed by atoms with Gasteiger partial charge in [0.1, 0.15) is 6.04 Å². The van der Waals surface area contributed by atoms with Crippen molar-refractivity contribution >= 4 is 16.9 Å². The Balaban J connectivity index is 0.000000504. The molecule has 0 spiro atoms. The first-order valence-electron chi connectivity index (χ1n) is 12.2. The van der Waals surface area contributed by atoms with Crippen molar-refractivity contribution < 1.29 is 27.0 Å². The molecule has 190 valence electrons. The number of nitrogens with zero attached hydrogens (tertiary/aromatic N) is 2. The summed E-state index contributed by atoms with van der Waals surface area (Å²) in [6.45, 7) is 0.396. The summed E-state index contributed by atoms with van der Waals surface area (Å²) in [7, 11) is 0. The summed E-state index contributed by atoms with van der Waals surface area (Å²) in [4.78, 5) is 15.3. The van der Waals surface area contributed by atoms with Crippen LogP contribution >= 0.6 is 0 Å². The molecule has 3 N–H and O–H groups in total. The Kier molecular flexibility index (Phi) is 10.2. The molecule has 2 aliphatic carbocycles. The minimum Gasteiger partial charge on any atom is -0.480 e. The Morgan fingerprint density at radius 3 is 2.24 bits per heavy atom. The quantitative estimate of drug-likeness (QED) is 0.276. The zero-order chi connectivity index (χ0) is 25.5. The molecule has 4 aromatic rings. The van der Waals surface area contributed by atoms with Crippen LogP contribution in [0.2, 0.25) is 0 Å². The number of hydrogen-bond acceptors (Lipinski definition) is 3. The van der Waals surface area contributed by atoms with E-state index < -0.39 is 12.0 Å². The minimum atomic E-state index is -0.874. The zero-order valence-electron chi connectivity index (χ0n) is 20.6. The number of aliphatic carboxylic acids is 1. The van der Waals surface area contributed by atoms with Crippen molar-refractivity contribution in [2.24, 2.45) is 0 Å². The van der Waals surface area contributed by atoms with E-state index in [1.54, 1.807) is 0 Å². The van der Waals surface area contributed by atoms with E-state index in [2.05, 4.69) is 10.3 Å². The first-order valence-corrected chi connectivity index (χ1v) is 12.2. The Morgan fingerprint density at radius 2 is 1.55 bits per heavy atom. The Bertz CT molecular complexity index is 1280. The maximum atomic E-state index is 12.0. The molecule has 0 bridgehead atoms. The van der Waals surface area contributed by atoms with E-state index in [-0.39, 0.29) is 17.1 Å². The molecule has 2 aromatic heterocycles. The normalized spacial score (nSPS) is 16.1. The average molecular weight is 544 g/mol. The number of carboxylic acid groups (broad SMARTS) is 1. The molecule has 1 atom stereocenters. The van der Waals surface area contributed by atoms with Gasteiger partial charge in [-0.1, -0.05) is 36.4 Å². The van der Waals surface area contributed by atoms with Crippen LogP contribution < -0.4 is 5.32 Å². The number of para-hydroxylation sites is 2. The van der Waals surface area contributed by atoms with Gasteiger partial charge >= 0.3 is 23.0 Å². The SMILES string of the molecule is O=C(O)[C@H](Cc1c[nH]c2ccccc12)NCc1cn(-c2ccccc2)nc1[C]1[CH][CH][CH][CH]1.[CH]1[CH][CH][CH][CH]1.[Fe+2]. The number of rotatable bonds is 8. The molecule has 0 unspecified atom stereocenters. The van der Waals surface area contributed by atoms with Crippen LogP contribution in [0.4, 0.5) is 0 Å². The fourth-order valence-electron chi connectivity index (χ4n) is 4.35. The van der Waals surface area contributed by atoms with Crippen LogP contribution in [0.1, 0.15) is 16.8 Å². The van der Waals surface area contributed by atoms with E-state index in [1.165, 1.54) is 0 Å². The Hall–Kier alpha value is -2.86. The van der Waals surface area contributed by atoms with E-state index in [1.807, 2.05) is 129 Å². The fraction of sp³-hybridized carbons (Fsp3) is 0.0968. The maximum Gasteiger partial charge on any atom is 2.00 e. The van der Waals surface area contributed by atoms with Gasteiger partial charge in [0.15, 0.2) is 0 Å². The van der Waals surface area contributed by atoms with Crippen LogP contribution in [0.3, 0.4) is 0 Å². The van der Waals surface area contributed by atoms with E-state index in [0.717, 1.165) is 39.3 Å². The number of carbonyl (C=O) groups is 1. The van der Waals surface area contributed by atoms with Crippen molar-refractivity contribution in [1.29, 1.82) is 0 Å². The van der Waals surface area contributed by atoms with Crippen LogP contribution in [0.15, 0.2) is 67.0 Å². The summed E-state index contributed by atoms with van der Waals surface area (Å²) in [5.41, 5.74) is 4.75. The third kappa shape index (κ3) is 6.96. The summed E-state index contributed by atoms with van der Waals surface area (Å²) >= 11 is 0. The molecule has 10 radical (unpaired) electrons. The van der Waals surface area contributed by atoms with Gasteiger partial charge in [-0.3, -0.25) is 10.1 Å². The van der Waals surface area contributed by atoms with Gasteiger partial charge in [0, 0.05) is 47.7 Å². The predicted molar refractivity (Wildman–Crippen MR) is 145 cm³/mol. The van der Waals surface area contributed by atoms with E-state index in [9.17, 15) is 9.90 Å². The number of nitrogens with one attached hydrogen (secondary N) is 2. The molecule has 6 nitrogen and oxygen atoms in total. The van der Waals surface area contributed by atoms with Crippen molar-refractivity contribution in [1.82, 2.24) is 20.1 Å². The number of aromatic nitrogens is 3. The maximum absolute atomic E-state index is 12.0. The number of fused-ring (bicyclic) bond motifs is 1. The van der Waals surface area contributed by atoms with Crippen LogP contribution in [0, 0.1) is 63.7 Å². The molecule has 0 saturated heterocycles. The molecule has 38 heavy (non-hydrogen) atoms. The van der Waals surface area contributed by atoms with Crippen molar-refractivity contribution in [3.63, 3.8) is 0 Å². The van der Waals surface area contributed by atoms with Crippen LogP contribution in [-0.4, -0.2) is 31.9 Å². The standard InChI is InChI=1S/C26H23N4O2.C5H5.Fe/c31-26(32)24(14-19-15-27-23-13-7-6-12-22(19)23)28-16-20-17-30(21-10-2-1-3-11-21)29-25(20)18-8-4-5-9-18;1-2-4-5-3-1;/h1-13,15,17,24,27-28H,14,16H2,(H,31,32);1-5H;/q;;+2/t24-;;/m0../s1. The fourth-order valence-corrected chi connectivity index (χ4v) is 4.35. The van der Waals surface area contributed by atoms with Gasteiger partial charge in [-0.15, -0.1) is 0 Å². The summed E-state index contributed by atoms with van der Waals surface area (Å²) in [5.74, 6) is 0.139. The van der Waals surface area contributed by atoms with Crippen molar-refractivity contribution in [3.8, 4) is 5.69 Å². The second-order valence-corrected chi connectivity index (χ2v) is 8.75. The second-order valence-electron chi connectivity index (χ2n) is 8.75. The van der Waals surface area contributed by atoms with Gasteiger partial charge in [-0.25, -0.2) is 4.68 Å². The van der Waals surface area contributed by atoms with Gasteiger partial charge in [-0.2, -0.15) is 5.10 Å². The number of aromatic amines is 1. The van der Waals surface area contributed by atoms with Crippen molar-refractivity contribution in [2.45, 2.75) is 19.0 Å². The summed E-state index contributed by atoms with van der Waals surface area (Å²) in [6, 6.07) is 17.1. The molecule has 2 aliphatic rings. The molecule has 2 aromatic carbocycles. The Morgan fingerprint density at radius 1 is 0.895 bits per heavy atom. The molecule has 2 saturated carbocycles. The van der Waals surface area contributed by atoms with Gasteiger partial charge in [-0.05, 0) is 81.5 Å². The topological polar surface area (TPSA) is 82.9 Å². The molecular formula is C31H28FeN4O2+2. The first kappa shape index (κ1) is 28.2. The van der Waals surface area contributed by atoms with Crippen LogP contribution in [0.25, 0.3) is 16.6 Å². The number of benzene rings is 2. The van der Waals surface area contributed by atoms with Crippen molar-refractivity contribution in [3.05, 3.63) is 148 Å². The largest absolute Gasteiger partial charge is 2.00 e. The molecule has 0 aliphatic heterocycles. The summed E-state index contributed by atoms with van der Waals surface area (Å²) in [6.07, 6.45) is 22.2. The molecule has 0 amide bonds. The van der Waals surface area contributed by atoms with Gasteiger partial charge in [0.25, 0.3) is 0 Å². The molecule has 6 rings (SSSR count). The third-order valence-corrected chi connectivity index (χ3v) is 6.24. The van der Waals surface area contributed by atoms with E-state index in [4.69, 9.17) is 5.10 Å². The number of hydrogen-bond donors (Lipinski definition) is 3. The molecule has 2 fully saturated rings. The second kappa shape index (κ2) is 13.8. The van der Waals surface area contributed by atoms with E-state index in [0.29, 0.717) is 13.0 Å². The average Bonchev–Trinajstić information content (AvgIpc) is 3.75. The molecule has 2 heterocycles. The third-order valence-electron chi connectivity index (χ3n) is 6.24. The smallest absolute Gasteiger partial charge is 0.480 e. The predicted octanol–water partition coefficient (Wildman–Crippen LogP) is 4.91. The van der Waals surface area contributed by atoms with Crippen LogP contribution in [-0.2, 0) is 34.8 Å². The van der Waals surface area contributed by atoms with E-state index >= 15 is 0 Å². The number of H-pyrrole nitrogens is 1. The van der Waals surface area contributed by atoms with Crippen LogP contribution in [0.5, 0.6) is 0 Å². The molecule has 7 heteroatoms. The number of carboxylic acids is 1. The van der Waals surface area contributed by atoms with Gasteiger partial charge < -0.3 is 10.1 Å². The Labute approximate surface area is 235 Å². The van der Waals surface area contributed by atoms with Gasteiger partial charge in [0.05, 0.1) is 11.4 Å². The monoisotopic (exact) mass is 544 g/mol. The zero-order valence-corrected chi connectivity index (χ0v) is 21.7. The first-order chi connectivity index (χ1) is 18.2. The van der Waals surface area contributed by atoms with Gasteiger partial charge in [0.2, 0.25) is 0 Å².